The van der Waals surface area contributed by atoms with Gasteiger partial charge in [0, 0.05) is 13.1 Å². The quantitative estimate of drug-likeness (QED) is 0.573. The zero-order chi connectivity index (χ0) is 8.48. The first-order valence-corrected chi connectivity index (χ1v) is 4.70. The molecule has 0 aromatic heterocycles. The van der Waals surface area contributed by atoms with Crippen molar-refractivity contribution >= 4 is 16.0 Å². The molecule has 1 saturated heterocycles. The average Bonchev–Trinajstić information content (AvgIpc) is 2.10. The van der Waals surface area contributed by atoms with Crippen LogP contribution in [0.3, 0.4) is 0 Å². The largest absolute Gasteiger partial charge is 0.299 e. The molecule has 0 bridgehead atoms. The molecular weight excluding hydrogens is 168 g/mol. The van der Waals surface area contributed by atoms with Crippen LogP contribution in [0.1, 0.15) is 6.92 Å². The number of ketones is 1. The Balaban J connectivity index is 2.66. The fraction of sp³-hybridized carbons (Fsp3) is 0.800. The molecule has 0 spiro atoms. The van der Waals surface area contributed by atoms with Gasteiger partial charge in [0.25, 0.3) is 10.2 Å². The van der Waals surface area contributed by atoms with Crippen molar-refractivity contribution < 1.29 is 13.2 Å². The van der Waals surface area contributed by atoms with Gasteiger partial charge in [-0.2, -0.15) is 12.7 Å². The van der Waals surface area contributed by atoms with Gasteiger partial charge in [-0.1, -0.05) is 0 Å². The van der Waals surface area contributed by atoms with Gasteiger partial charge in [0.15, 0.2) is 0 Å². The summed E-state index contributed by atoms with van der Waals surface area (Å²) in [6.45, 7) is 2.14. The first kappa shape index (κ1) is 8.63. The first-order chi connectivity index (χ1) is 5.02. The predicted molar refractivity (Wildman–Crippen MR) is 39.2 cm³/mol. The zero-order valence-corrected chi connectivity index (χ0v) is 7.02. The highest BCUT2D eigenvalue weighted by Crippen LogP contribution is 2.02. The van der Waals surface area contributed by atoms with Gasteiger partial charge in [-0.3, -0.25) is 4.79 Å². The van der Waals surface area contributed by atoms with Crippen molar-refractivity contribution in [2.45, 2.75) is 6.92 Å². The molecule has 11 heavy (non-hydrogen) atoms. The summed E-state index contributed by atoms with van der Waals surface area (Å²) in [5, 5.41) is 0. The lowest BCUT2D eigenvalue weighted by molar-refractivity contribution is -0.117. The van der Waals surface area contributed by atoms with Crippen LogP contribution >= 0.6 is 0 Å². The second-order valence-corrected chi connectivity index (χ2v) is 4.19. The highest BCUT2D eigenvalue weighted by Gasteiger charge is 2.27. The Kier molecular flexibility index (Phi) is 2.26. The molecule has 1 fully saturated rings. The summed E-state index contributed by atoms with van der Waals surface area (Å²) in [5.74, 6) is -0.141. The molecule has 1 N–H and O–H groups in total. The van der Waals surface area contributed by atoms with Gasteiger partial charge in [0.05, 0.1) is 6.54 Å². The molecule has 0 aromatic rings. The number of carbonyl (C=O) groups excluding carboxylic acids is 1. The van der Waals surface area contributed by atoms with Crippen LogP contribution in [0.5, 0.6) is 0 Å². The Morgan fingerprint density at radius 1 is 1.64 bits per heavy atom. The number of hydrogen-bond donors (Lipinski definition) is 1. The lowest BCUT2D eigenvalue weighted by atomic mass is 10.4. The number of hydrogen-bond acceptors (Lipinski definition) is 3. The summed E-state index contributed by atoms with van der Waals surface area (Å²) in [6, 6.07) is 0. The zero-order valence-electron chi connectivity index (χ0n) is 6.20. The summed E-state index contributed by atoms with van der Waals surface area (Å²) < 4.78 is 25.4. The van der Waals surface area contributed by atoms with Crippen molar-refractivity contribution in [1.29, 1.82) is 0 Å². The standard InChI is InChI=1S/C5H10N2O3S/c1-5(8)4-7-3-2-6-11(7,9)10/h6H,2-4H2,1H3. The van der Waals surface area contributed by atoms with Crippen LogP contribution in [0.2, 0.25) is 0 Å². The minimum atomic E-state index is -3.32. The molecule has 6 heteroatoms. The van der Waals surface area contributed by atoms with Crippen molar-refractivity contribution in [2.75, 3.05) is 19.6 Å². The molecule has 64 valence electrons. The topological polar surface area (TPSA) is 66.5 Å². The van der Waals surface area contributed by atoms with Crippen molar-refractivity contribution in [1.82, 2.24) is 9.03 Å². The number of rotatable bonds is 2. The van der Waals surface area contributed by atoms with E-state index in [0.29, 0.717) is 13.1 Å². The van der Waals surface area contributed by atoms with E-state index in [4.69, 9.17) is 0 Å². The molecule has 0 atom stereocenters. The third-order valence-electron chi connectivity index (χ3n) is 1.38. The average molecular weight is 178 g/mol. The highest BCUT2D eigenvalue weighted by molar-refractivity contribution is 7.87. The molecule has 0 amide bonds. The first-order valence-electron chi connectivity index (χ1n) is 3.26. The Morgan fingerprint density at radius 2 is 2.27 bits per heavy atom. The molecule has 0 aliphatic carbocycles. The summed E-state index contributed by atoms with van der Waals surface area (Å²) >= 11 is 0. The Labute approximate surface area is 65.6 Å². The molecule has 0 saturated carbocycles. The summed E-state index contributed by atoms with van der Waals surface area (Å²) in [7, 11) is -3.32. The normalized spacial score (nSPS) is 23.7. The van der Waals surface area contributed by atoms with E-state index in [-0.39, 0.29) is 12.3 Å². The minimum Gasteiger partial charge on any atom is -0.299 e. The van der Waals surface area contributed by atoms with Gasteiger partial charge in [-0.05, 0) is 6.92 Å². The molecule has 0 aromatic carbocycles. The van der Waals surface area contributed by atoms with Crippen LogP contribution in [-0.2, 0) is 15.0 Å². The van der Waals surface area contributed by atoms with Gasteiger partial charge < -0.3 is 0 Å². The third kappa shape index (κ3) is 1.98. The highest BCUT2D eigenvalue weighted by atomic mass is 32.2. The van der Waals surface area contributed by atoms with E-state index < -0.39 is 10.2 Å². The van der Waals surface area contributed by atoms with Crippen molar-refractivity contribution in [3.8, 4) is 0 Å². The van der Waals surface area contributed by atoms with E-state index in [1.54, 1.807) is 0 Å². The maximum atomic E-state index is 11.0. The van der Waals surface area contributed by atoms with E-state index in [0.717, 1.165) is 4.31 Å². The second kappa shape index (κ2) is 2.88. The maximum absolute atomic E-state index is 11.0. The van der Waals surface area contributed by atoms with Gasteiger partial charge in [-0.15, -0.1) is 0 Å². The second-order valence-electron chi connectivity index (χ2n) is 2.43. The summed E-state index contributed by atoms with van der Waals surface area (Å²) in [5.41, 5.74) is 0. The number of Topliss-reactive ketones (excluding diaryl/α,β-unsaturated/α-hetero) is 1. The number of nitrogens with one attached hydrogen (secondary N) is 1. The monoisotopic (exact) mass is 178 g/mol. The Morgan fingerprint density at radius 3 is 2.64 bits per heavy atom. The van der Waals surface area contributed by atoms with Crippen LogP contribution in [0.25, 0.3) is 0 Å². The van der Waals surface area contributed by atoms with Gasteiger partial charge in [-0.25, -0.2) is 4.72 Å². The van der Waals surface area contributed by atoms with Crippen LogP contribution in [0.15, 0.2) is 0 Å². The SMILES string of the molecule is CC(=O)CN1CCNS1(=O)=O. The molecular formula is C5H10N2O3S. The Hall–Kier alpha value is -0.460. The molecule has 5 nitrogen and oxygen atoms in total. The molecule has 0 unspecified atom stereocenters. The van der Waals surface area contributed by atoms with Crippen LogP contribution in [0, 0.1) is 0 Å². The van der Waals surface area contributed by atoms with Gasteiger partial charge >= 0.3 is 0 Å². The van der Waals surface area contributed by atoms with Crippen LogP contribution < -0.4 is 4.72 Å². The summed E-state index contributed by atoms with van der Waals surface area (Å²) in [4.78, 5) is 10.6. The van der Waals surface area contributed by atoms with E-state index in [2.05, 4.69) is 4.72 Å². The fourth-order valence-corrected chi connectivity index (χ4v) is 2.14. The molecule has 0 radical (unpaired) electrons. The Bertz CT molecular complexity index is 259. The van der Waals surface area contributed by atoms with Crippen LogP contribution in [-0.4, -0.2) is 38.1 Å². The third-order valence-corrected chi connectivity index (χ3v) is 2.95. The number of nitrogens with zero attached hydrogens (tertiary/aromatic N) is 1. The molecule has 1 aliphatic rings. The lowest BCUT2D eigenvalue weighted by Crippen LogP contribution is -2.33. The van der Waals surface area contributed by atoms with E-state index in [1.807, 2.05) is 0 Å². The molecule has 1 aliphatic heterocycles. The van der Waals surface area contributed by atoms with Crippen molar-refractivity contribution in [3.05, 3.63) is 0 Å². The smallest absolute Gasteiger partial charge is 0.279 e. The van der Waals surface area contributed by atoms with E-state index in [1.165, 1.54) is 6.92 Å². The van der Waals surface area contributed by atoms with Crippen molar-refractivity contribution in [2.24, 2.45) is 0 Å². The molecule has 1 heterocycles. The molecule has 1 rings (SSSR count). The minimum absolute atomic E-state index is 0.0185. The summed E-state index contributed by atoms with van der Waals surface area (Å²) in [6.07, 6.45) is 0. The number of carbonyl (C=O) groups is 1. The van der Waals surface area contributed by atoms with Crippen molar-refractivity contribution in [3.63, 3.8) is 0 Å². The van der Waals surface area contributed by atoms with Crippen LogP contribution in [0.4, 0.5) is 0 Å². The fourth-order valence-electron chi connectivity index (χ4n) is 0.923. The van der Waals surface area contributed by atoms with E-state index >= 15 is 0 Å². The predicted octanol–water partition coefficient (Wildman–Crippen LogP) is -1.27. The van der Waals surface area contributed by atoms with E-state index in [9.17, 15) is 13.2 Å². The lowest BCUT2D eigenvalue weighted by Gasteiger charge is -2.09. The maximum Gasteiger partial charge on any atom is 0.279 e. The van der Waals surface area contributed by atoms with Gasteiger partial charge in [0.2, 0.25) is 0 Å². The van der Waals surface area contributed by atoms with Gasteiger partial charge in [0.1, 0.15) is 5.78 Å².